The Morgan fingerprint density at radius 3 is 2.50 bits per heavy atom. The lowest BCUT2D eigenvalue weighted by Crippen LogP contribution is -2.19. The minimum absolute atomic E-state index is 0.350. The molecule has 0 atom stereocenters. The lowest BCUT2D eigenvalue weighted by Gasteiger charge is -2.06. The Bertz CT molecular complexity index is 921. The van der Waals surface area contributed by atoms with Crippen LogP contribution in [0.3, 0.4) is 0 Å². The van der Waals surface area contributed by atoms with E-state index in [2.05, 4.69) is 10.3 Å². The maximum Gasteiger partial charge on any atom is 0.416 e. The normalized spacial score (nSPS) is 17.8. The number of aliphatic imine (C=N–C) groups is 1. The summed E-state index contributed by atoms with van der Waals surface area (Å²) in [7, 11) is 0. The molecule has 3 rings (SSSR count). The molecule has 2 aromatic rings. The molecule has 1 N–H and O–H groups in total. The topological polar surface area (TPSA) is 41.5 Å². The summed E-state index contributed by atoms with van der Waals surface area (Å²) in [4.78, 5) is 16.8. The number of hydrogen-bond acceptors (Lipinski definition) is 3. The highest BCUT2D eigenvalue weighted by atomic mass is 35.5. The smallest absolute Gasteiger partial charge is 0.300 e. The lowest BCUT2D eigenvalue weighted by molar-refractivity contribution is -0.137. The second kappa shape index (κ2) is 7.17. The van der Waals surface area contributed by atoms with Crippen molar-refractivity contribution < 1.29 is 18.0 Å². The number of nitrogens with one attached hydrogen (secondary N) is 1. The van der Waals surface area contributed by atoms with Crippen molar-refractivity contribution in [2.45, 2.75) is 13.1 Å². The summed E-state index contributed by atoms with van der Waals surface area (Å²) in [5.74, 6) is -0.353. The van der Waals surface area contributed by atoms with Gasteiger partial charge in [0.1, 0.15) is 0 Å². The maximum absolute atomic E-state index is 12.6. The summed E-state index contributed by atoms with van der Waals surface area (Å²) in [6, 6.07) is 9.88. The molecule has 0 aromatic heterocycles. The molecular weight excluding hydrogens is 385 g/mol. The number of amides is 1. The monoisotopic (exact) mass is 396 g/mol. The van der Waals surface area contributed by atoms with Crippen molar-refractivity contribution in [3.8, 4) is 0 Å². The Kier molecular flexibility index (Phi) is 5.11. The molecule has 0 unspecified atom stereocenters. The minimum atomic E-state index is -4.39. The van der Waals surface area contributed by atoms with Crippen LogP contribution in [0.25, 0.3) is 6.08 Å². The Balaban J connectivity index is 1.82. The van der Waals surface area contributed by atoms with Crippen molar-refractivity contribution in [2.75, 3.05) is 0 Å². The zero-order valence-electron chi connectivity index (χ0n) is 13.4. The zero-order valence-corrected chi connectivity index (χ0v) is 15.0. The van der Waals surface area contributed by atoms with E-state index in [1.54, 1.807) is 18.2 Å². The predicted molar refractivity (Wildman–Crippen MR) is 98.4 cm³/mol. The average molecular weight is 397 g/mol. The van der Waals surface area contributed by atoms with Gasteiger partial charge in [0, 0.05) is 5.02 Å². The summed E-state index contributed by atoms with van der Waals surface area (Å²) >= 11 is 7.17. The molecule has 8 heteroatoms. The van der Waals surface area contributed by atoms with Crippen molar-refractivity contribution in [3.63, 3.8) is 0 Å². The van der Waals surface area contributed by atoms with Gasteiger partial charge >= 0.3 is 6.18 Å². The fraction of sp³-hybridized carbons (Fsp3) is 0.111. The molecule has 0 radical (unpaired) electrons. The largest absolute Gasteiger partial charge is 0.416 e. The van der Waals surface area contributed by atoms with Crippen LogP contribution in [0, 0.1) is 6.92 Å². The SMILES string of the molecule is Cc1c(Cl)cccc1N=C1NC(=O)/C(=C\c2ccc(C(F)(F)F)cc2)S1. The molecule has 1 fully saturated rings. The summed E-state index contributed by atoms with van der Waals surface area (Å²) in [6.07, 6.45) is -2.87. The van der Waals surface area contributed by atoms with E-state index in [9.17, 15) is 18.0 Å². The van der Waals surface area contributed by atoms with Gasteiger partial charge in [0.15, 0.2) is 5.17 Å². The molecule has 1 saturated heterocycles. The van der Waals surface area contributed by atoms with E-state index in [4.69, 9.17) is 11.6 Å². The van der Waals surface area contributed by atoms with Crippen molar-refractivity contribution >= 4 is 46.2 Å². The molecule has 1 aliphatic heterocycles. The van der Waals surface area contributed by atoms with E-state index in [1.165, 1.54) is 18.2 Å². The maximum atomic E-state index is 12.6. The second-order valence-corrected chi connectivity index (χ2v) is 6.92. The zero-order chi connectivity index (χ0) is 18.9. The van der Waals surface area contributed by atoms with Crippen LogP contribution in [0.15, 0.2) is 52.4 Å². The van der Waals surface area contributed by atoms with Gasteiger partial charge in [-0.15, -0.1) is 0 Å². The molecule has 1 amide bonds. The molecule has 0 saturated carbocycles. The number of carbonyl (C=O) groups excluding carboxylic acids is 1. The third-order valence-electron chi connectivity index (χ3n) is 3.65. The van der Waals surface area contributed by atoms with Gasteiger partial charge in [-0.2, -0.15) is 13.2 Å². The van der Waals surface area contributed by atoms with E-state index in [-0.39, 0.29) is 5.91 Å². The third-order valence-corrected chi connectivity index (χ3v) is 4.97. The molecule has 1 heterocycles. The van der Waals surface area contributed by atoms with Gasteiger partial charge in [-0.3, -0.25) is 4.79 Å². The number of rotatable bonds is 2. The number of nitrogens with zero attached hydrogens (tertiary/aromatic N) is 1. The molecule has 1 aliphatic rings. The van der Waals surface area contributed by atoms with Gasteiger partial charge < -0.3 is 5.32 Å². The van der Waals surface area contributed by atoms with Crippen molar-refractivity contribution in [3.05, 3.63) is 69.1 Å². The highest BCUT2D eigenvalue weighted by molar-refractivity contribution is 8.18. The van der Waals surface area contributed by atoms with Crippen LogP contribution in [0.4, 0.5) is 18.9 Å². The van der Waals surface area contributed by atoms with Gasteiger partial charge in [-0.05, 0) is 60.2 Å². The summed E-state index contributed by atoms with van der Waals surface area (Å²) in [5.41, 5.74) is 1.19. The first-order chi connectivity index (χ1) is 12.2. The van der Waals surface area contributed by atoms with Crippen LogP contribution in [-0.4, -0.2) is 11.1 Å². The molecule has 0 bridgehead atoms. The van der Waals surface area contributed by atoms with Crippen molar-refractivity contribution in [1.29, 1.82) is 0 Å². The summed E-state index contributed by atoms with van der Waals surface area (Å²) < 4.78 is 37.8. The van der Waals surface area contributed by atoms with Gasteiger partial charge in [0.2, 0.25) is 0 Å². The first kappa shape index (κ1) is 18.5. The number of carbonyl (C=O) groups is 1. The molecule has 2 aromatic carbocycles. The minimum Gasteiger partial charge on any atom is -0.300 e. The van der Waals surface area contributed by atoms with Gasteiger partial charge in [0.25, 0.3) is 5.91 Å². The van der Waals surface area contributed by atoms with E-state index in [1.807, 2.05) is 6.92 Å². The Hall–Kier alpha value is -2.25. The third kappa shape index (κ3) is 4.11. The number of alkyl halides is 3. The van der Waals surface area contributed by atoms with E-state index in [0.29, 0.717) is 26.3 Å². The predicted octanol–water partition coefficient (Wildman–Crippen LogP) is 5.56. The first-order valence-electron chi connectivity index (χ1n) is 7.46. The quantitative estimate of drug-likeness (QED) is 0.675. The Morgan fingerprint density at radius 2 is 1.85 bits per heavy atom. The van der Waals surface area contributed by atoms with Gasteiger partial charge in [-0.25, -0.2) is 4.99 Å². The number of amidine groups is 1. The molecule has 0 aliphatic carbocycles. The number of halogens is 4. The van der Waals surface area contributed by atoms with Crippen LogP contribution in [0.5, 0.6) is 0 Å². The molecule has 0 spiro atoms. The fourth-order valence-electron chi connectivity index (χ4n) is 2.23. The number of hydrogen-bond donors (Lipinski definition) is 1. The lowest BCUT2D eigenvalue weighted by atomic mass is 10.1. The second-order valence-electron chi connectivity index (χ2n) is 5.49. The first-order valence-corrected chi connectivity index (χ1v) is 8.65. The van der Waals surface area contributed by atoms with E-state index < -0.39 is 11.7 Å². The molecule has 134 valence electrons. The van der Waals surface area contributed by atoms with E-state index in [0.717, 1.165) is 29.5 Å². The van der Waals surface area contributed by atoms with Crippen molar-refractivity contribution in [1.82, 2.24) is 5.32 Å². The standard InChI is InChI=1S/C18H12ClF3N2OS/c1-10-13(19)3-2-4-14(10)23-17-24-16(25)15(26-17)9-11-5-7-12(8-6-11)18(20,21)22/h2-9H,1H3,(H,23,24,25)/b15-9+. The summed E-state index contributed by atoms with van der Waals surface area (Å²) in [5, 5.41) is 3.60. The molecule has 26 heavy (non-hydrogen) atoms. The van der Waals surface area contributed by atoms with Crippen LogP contribution < -0.4 is 5.32 Å². The highest BCUT2D eigenvalue weighted by Crippen LogP contribution is 2.32. The van der Waals surface area contributed by atoms with Gasteiger partial charge in [-0.1, -0.05) is 29.8 Å². The van der Waals surface area contributed by atoms with Gasteiger partial charge in [0.05, 0.1) is 16.2 Å². The van der Waals surface area contributed by atoms with Crippen molar-refractivity contribution in [2.24, 2.45) is 4.99 Å². The Labute approximate surface area is 157 Å². The highest BCUT2D eigenvalue weighted by Gasteiger charge is 2.30. The fourth-order valence-corrected chi connectivity index (χ4v) is 3.23. The number of benzene rings is 2. The molecule has 3 nitrogen and oxygen atoms in total. The van der Waals surface area contributed by atoms with Crippen LogP contribution in [0.2, 0.25) is 5.02 Å². The van der Waals surface area contributed by atoms with Crippen LogP contribution in [0.1, 0.15) is 16.7 Å². The van der Waals surface area contributed by atoms with E-state index >= 15 is 0 Å². The van der Waals surface area contributed by atoms with Crippen LogP contribution in [-0.2, 0) is 11.0 Å². The Morgan fingerprint density at radius 1 is 1.15 bits per heavy atom. The average Bonchev–Trinajstić information content (AvgIpc) is 2.91. The number of thioether (sulfide) groups is 1. The molecular formula is C18H12ClF3N2OS. The van der Waals surface area contributed by atoms with Crippen LogP contribution >= 0.6 is 23.4 Å². The summed E-state index contributed by atoms with van der Waals surface area (Å²) in [6.45, 7) is 1.82.